The van der Waals surface area contributed by atoms with Gasteiger partial charge in [-0.2, -0.15) is 0 Å². The normalized spacial score (nSPS) is 11.2. The van der Waals surface area contributed by atoms with Gasteiger partial charge in [0, 0.05) is 18.7 Å². The van der Waals surface area contributed by atoms with Crippen molar-refractivity contribution in [3.8, 4) is 11.4 Å². The summed E-state index contributed by atoms with van der Waals surface area (Å²) in [6.07, 6.45) is 3.59. The summed E-state index contributed by atoms with van der Waals surface area (Å²) in [5.74, 6) is 1.66. The maximum Gasteiger partial charge on any atom is 0.225 e. The molecule has 0 saturated carbocycles. The smallest absolute Gasteiger partial charge is 0.225 e. The van der Waals surface area contributed by atoms with Gasteiger partial charge in [-0.25, -0.2) is 4.98 Å². The zero-order valence-corrected chi connectivity index (χ0v) is 18.5. The van der Waals surface area contributed by atoms with Gasteiger partial charge in [-0.15, -0.1) is 0 Å². The van der Waals surface area contributed by atoms with Crippen molar-refractivity contribution in [2.75, 3.05) is 5.32 Å². The van der Waals surface area contributed by atoms with Crippen LogP contribution in [0.1, 0.15) is 49.4 Å². The fourth-order valence-electron chi connectivity index (χ4n) is 4.05. The molecule has 0 fully saturated rings. The predicted octanol–water partition coefficient (Wildman–Crippen LogP) is 6.22. The predicted molar refractivity (Wildman–Crippen MR) is 127 cm³/mol. The number of hydrogen-bond donors (Lipinski definition) is 2. The second-order valence-electron chi connectivity index (χ2n) is 8.11. The van der Waals surface area contributed by atoms with E-state index in [1.165, 1.54) is 5.56 Å². The molecule has 1 amide bonds. The minimum atomic E-state index is 0.0534. The van der Waals surface area contributed by atoms with E-state index in [2.05, 4.69) is 47.8 Å². The lowest BCUT2D eigenvalue weighted by atomic mass is 10.1. The fraction of sp³-hybridized carbons (Fsp3) is 0.308. The molecule has 0 unspecified atom stereocenters. The number of benzene rings is 2. The van der Waals surface area contributed by atoms with Crippen molar-refractivity contribution in [1.82, 2.24) is 14.5 Å². The largest absolute Gasteiger partial charge is 0.338 e. The molecule has 0 saturated heterocycles. The molecular formula is C26H30N4O. The van der Waals surface area contributed by atoms with E-state index in [1.807, 2.05) is 42.5 Å². The number of fused-ring (bicyclic) bond motifs is 1. The number of hydrogen-bond acceptors (Lipinski definition) is 2. The minimum Gasteiger partial charge on any atom is -0.338 e. The number of H-pyrrole nitrogens is 1. The van der Waals surface area contributed by atoms with Crippen molar-refractivity contribution < 1.29 is 4.79 Å². The first-order valence-corrected chi connectivity index (χ1v) is 11.1. The second-order valence-corrected chi connectivity index (χ2v) is 8.11. The number of nitrogens with zero attached hydrogens (tertiary/aromatic N) is 2. The number of aromatic nitrogens is 3. The van der Waals surface area contributed by atoms with E-state index in [1.54, 1.807) is 0 Å². The number of anilines is 1. The third-order valence-corrected chi connectivity index (χ3v) is 5.90. The van der Waals surface area contributed by atoms with Gasteiger partial charge < -0.3 is 14.9 Å². The molecule has 31 heavy (non-hydrogen) atoms. The van der Waals surface area contributed by atoms with Crippen LogP contribution in [-0.2, 0) is 11.3 Å². The summed E-state index contributed by atoms with van der Waals surface area (Å²) >= 11 is 0. The van der Waals surface area contributed by atoms with Gasteiger partial charge in [0.15, 0.2) is 0 Å². The number of aromatic amines is 1. The Kier molecular flexibility index (Phi) is 6.21. The summed E-state index contributed by atoms with van der Waals surface area (Å²) in [5, 5.41) is 3.23. The average Bonchev–Trinajstić information content (AvgIpc) is 3.29. The lowest BCUT2D eigenvalue weighted by Crippen LogP contribution is -2.16. The van der Waals surface area contributed by atoms with Gasteiger partial charge in [0.05, 0.1) is 16.6 Å². The number of nitrogens with one attached hydrogen (secondary N) is 2. The maximum atomic E-state index is 12.8. The Hall–Kier alpha value is -3.34. The van der Waals surface area contributed by atoms with E-state index < -0.39 is 0 Å². The first-order chi connectivity index (χ1) is 15.1. The average molecular weight is 415 g/mol. The molecule has 160 valence electrons. The Balaban J connectivity index is 1.79. The molecular weight excluding hydrogens is 384 g/mol. The Labute approximate surface area is 183 Å². The van der Waals surface area contributed by atoms with Gasteiger partial charge in [-0.3, -0.25) is 4.79 Å². The third-order valence-electron chi connectivity index (χ3n) is 5.90. The molecule has 2 aromatic heterocycles. The quantitative estimate of drug-likeness (QED) is 0.336. The SMILES string of the molecule is CCCCCC(=O)Nc1c(-c2nc3ccccc3[nH]2)c(C)c(C)n1Cc1ccccc1. The monoisotopic (exact) mass is 414 g/mol. The first kappa shape index (κ1) is 20.9. The van der Waals surface area contributed by atoms with Crippen molar-refractivity contribution in [2.24, 2.45) is 0 Å². The zero-order chi connectivity index (χ0) is 21.8. The fourth-order valence-corrected chi connectivity index (χ4v) is 4.05. The van der Waals surface area contributed by atoms with E-state index >= 15 is 0 Å². The van der Waals surface area contributed by atoms with E-state index in [-0.39, 0.29) is 5.91 Å². The van der Waals surface area contributed by atoms with Gasteiger partial charge in [-0.05, 0) is 43.5 Å². The minimum absolute atomic E-state index is 0.0534. The molecule has 0 radical (unpaired) electrons. The van der Waals surface area contributed by atoms with Crippen LogP contribution in [0.3, 0.4) is 0 Å². The summed E-state index contributed by atoms with van der Waals surface area (Å²) in [6, 6.07) is 18.4. The maximum absolute atomic E-state index is 12.8. The van der Waals surface area contributed by atoms with Crippen molar-refractivity contribution in [3.63, 3.8) is 0 Å². The Morgan fingerprint density at radius 1 is 1.03 bits per heavy atom. The van der Waals surface area contributed by atoms with Gasteiger partial charge >= 0.3 is 0 Å². The first-order valence-electron chi connectivity index (χ1n) is 11.1. The third kappa shape index (κ3) is 4.41. The molecule has 4 rings (SSSR count). The van der Waals surface area contributed by atoms with Crippen LogP contribution in [0.5, 0.6) is 0 Å². The molecule has 0 atom stereocenters. The Morgan fingerprint density at radius 2 is 1.77 bits per heavy atom. The number of carbonyl (C=O) groups excluding carboxylic acids is 1. The van der Waals surface area contributed by atoms with Crippen LogP contribution in [-0.4, -0.2) is 20.4 Å². The molecule has 4 aromatic rings. The van der Waals surface area contributed by atoms with Gasteiger partial charge in [0.25, 0.3) is 0 Å². The summed E-state index contributed by atoms with van der Waals surface area (Å²) in [4.78, 5) is 21.1. The molecule has 2 heterocycles. The topological polar surface area (TPSA) is 62.7 Å². The van der Waals surface area contributed by atoms with Crippen LogP contribution in [0.4, 0.5) is 5.82 Å². The summed E-state index contributed by atoms with van der Waals surface area (Å²) in [7, 11) is 0. The number of carbonyl (C=O) groups is 1. The highest BCUT2D eigenvalue weighted by Gasteiger charge is 2.23. The van der Waals surface area contributed by atoms with Crippen molar-refractivity contribution >= 4 is 22.8 Å². The molecule has 0 bridgehead atoms. The number of unbranched alkanes of at least 4 members (excludes halogenated alkanes) is 2. The van der Waals surface area contributed by atoms with Crippen molar-refractivity contribution in [2.45, 2.75) is 53.0 Å². The molecule has 0 aliphatic rings. The van der Waals surface area contributed by atoms with Gasteiger partial charge in [-0.1, -0.05) is 62.2 Å². The summed E-state index contributed by atoms with van der Waals surface area (Å²) in [5.41, 5.74) is 6.32. The molecule has 0 aliphatic heterocycles. The van der Waals surface area contributed by atoms with Gasteiger partial charge in [0.1, 0.15) is 11.6 Å². The Morgan fingerprint density at radius 3 is 2.52 bits per heavy atom. The lowest BCUT2D eigenvalue weighted by Gasteiger charge is -2.14. The number of amides is 1. The van der Waals surface area contributed by atoms with Crippen LogP contribution in [0, 0.1) is 13.8 Å². The van der Waals surface area contributed by atoms with Crippen LogP contribution in [0.25, 0.3) is 22.4 Å². The molecule has 2 N–H and O–H groups in total. The van der Waals surface area contributed by atoms with E-state index in [0.717, 1.165) is 58.8 Å². The second kappa shape index (κ2) is 9.21. The van der Waals surface area contributed by atoms with Gasteiger partial charge in [0.2, 0.25) is 5.91 Å². The highest BCUT2D eigenvalue weighted by atomic mass is 16.1. The summed E-state index contributed by atoms with van der Waals surface area (Å²) in [6.45, 7) is 7.05. The van der Waals surface area contributed by atoms with Crippen LogP contribution >= 0.6 is 0 Å². The standard InChI is InChI=1S/C26H30N4O/c1-4-5-7-16-23(31)29-26-24(25-27-21-14-10-11-15-22(21)28-25)18(2)19(3)30(26)17-20-12-8-6-9-13-20/h6,8-15H,4-5,7,16-17H2,1-3H3,(H,27,28)(H,29,31). The lowest BCUT2D eigenvalue weighted by molar-refractivity contribution is -0.116. The Bertz CT molecular complexity index is 1150. The molecule has 0 aliphatic carbocycles. The van der Waals surface area contributed by atoms with Crippen molar-refractivity contribution in [1.29, 1.82) is 0 Å². The number of imidazole rings is 1. The molecule has 5 nitrogen and oxygen atoms in total. The number of rotatable bonds is 8. The van der Waals surface area contributed by atoms with Crippen LogP contribution in [0.2, 0.25) is 0 Å². The molecule has 0 spiro atoms. The zero-order valence-electron chi connectivity index (χ0n) is 18.5. The highest BCUT2D eigenvalue weighted by molar-refractivity contribution is 5.95. The van der Waals surface area contributed by atoms with Crippen molar-refractivity contribution in [3.05, 3.63) is 71.4 Å². The highest BCUT2D eigenvalue weighted by Crippen LogP contribution is 2.36. The number of para-hydroxylation sites is 2. The van der Waals surface area contributed by atoms with E-state index in [0.29, 0.717) is 13.0 Å². The van der Waals surface area contributed by atoms with Crippen LogP contribution in [0.15, 0.2) is 54.6 Å². The molecule has 2 aromatic carbocycles. The van der Waals surface area contributed by atoms with E-state index in [9.17, 15) is 4.79 Å². The summed E-state index contributed by atoms with van der Waals surface area (Å²) < 4.78 is 2.20. The molecule has 5 heteroatoms. The van der Waals surface area contributed by atoms with Crippen LogP contribution < -0.4 is 5.32 Å². The van der Waals surface area contributed by atoms with E-state index in [4.69, 9.17) is 4.98 Å².